The number of likely N-dealkylation sites (tertiary alicyclic amines) is 1. The number of nitrogens with one attached hydrogen (secondary N) is 1. The van der Waals surface area contributed by atoms with Gasteiger partial charge in [0.25, 0.3) is 5.56 Å². The van der Waals surface area contributed by atoms with E-state index >= 15 is 0 Å². The van der Waals surface area contributed by atoms with Crippen LogP contribution in [0.25, 0.3) is 11.3 Å². The van der Waals surface area contributed by atoms with E-state index in [4.69, 9.17) is 19.2 Å². The van der Waals surface area contributed by atoms with Crippen molar-refractivity contribution in [1.82, 2.24) is 19.5 Å². The maximum absolute atomic E-state index is 12.6. The van der Waals surface area contributed by atoms with Crippen LogP contribution >= 0.6 is 0 Å². The van der Waals surface area contributed by atoms with Crippen molar-refractivity contribution >= 4 is 23.7 Å². The molecular weight excluding hydrogens is 486 g/mol. The maximum Gasteiger partial charge on any atom is 0.251 e. The lowest BCUT2D eigenvalue weighted by atomic mass is 9.93. The van der Waals surface area contributed by atoms with Gasteiger partial charge in [0.15, 0.2) is 5.90 Å². The molecule has 0 bridgehead atoms. The smallest absolute Gasteiger partial charge is 0.251 e. The summed E-state index contributed by atoms with van der Waals surface area (Å²) in [6.07, 6.45) is 6.51. The molecule has 1 aliphatic rings. The third kappa shape index (κ3) is 8.80. The second-order valence-corrected chi connectivity index (χ2v) is 10.4. The number of H-pyrrole nitrogens is 1. The molecule has 0 unspecified atom stereocenters. The highest BCUT2D eigenvalue weighted by atomic mass is 16.5. The summed E-state index contributed by atoms with van der Waals surface area (Å²) in [4.78, 5) is 33.2. The van der Waals surface area contributed by atoms with Gasteiger partial charge in [0.1, 0.15) is 5.65 Å². The minimum atomic E-state index is -0.170. The number of methoxy groups -OCH3 is 3. The summed E-state index contributed by atoms with van der Waals surface area (Å²) in [6.45, 7) is 12.2. The van der Waals surface area contributed by atoms with Crippen LogP contribution in [0.4, 0.5) is 0 Å². The predicted octanol–water partition coefficient (Wildman–Crippen LogP) is 4.40. The average molecular weight is 532 g/mol. The first-order valence-electron chi connectivity index (χ1n) is 13.2. The Morgan fingerprint density at radius 1 is 1.24 bits per heavy atom. The Morgan fingerprint density at radius 2 is 1.89 bits per heavy atom. The molecule has 1 N–H and O–H groups in total. The number of rotatable bonds is 9. The molecule has 1 aliphatic heterocycles. The second-order valence-electron chi connectivity index (χ2n) is 10.4. The molecule has 0 aromatic carbocycles. The van der Waals surface area contributed by atoms with Crippen LogP contribution in [0, 0.1) is 0 Å². The number of amides is 1. The number of nitrogens with zero attached hydrogens (tertiary/aromatic N) is 4. The standard InChI is InChI=1S/C23H33N5O4.C5H12O/c1-5-16(2)22(26-21(32-4)7-6-12-31-3)18-14-24-28-19(13-20(30)25-23(18)28)17-8-10-27(15-29)11-9-17;1-5(2,3)6-4/h13-15,17H,5-12H2,1-4H3,(H,25,30);1-4H3/b22-16+,26-21?;. The Hall–Kier alpha value is -2.98. The van der Waals surface area contributed by atoms with Gasteiger partial charge in [0.2, 0.25) is 6.41 Å². The Bertz CT molecular complexity index is 1150. The van der Waals surface area contributed by atoms with Gasteiger partial charge in [-0.2, -0.15) is 5.10 Å². The quantitative estimate of drug-likeness (QED) is 0.222. The lowest BCUT2D eigenvalue weighted by molar-refractivity contribution is -0.119. The molecule has 3 heterocycles. The first kappa shape index (κ1) is 31.2. The number of piperidine rings is 1. The van der Waals surface area contributed by atoms with E-state index in [9.17, 15) is 9.59 Å². The van der Waals surface area contributed by atoms with Gasteiger partial charge in [-0.1, -0.05) is 6.92 Å². The number of aromatic amines is 1. The van der Waals surface area contributed by atoms with E-state index in [-0.39, 0.29) is 17.1 Å². The van der Waals surface area contributed by atoms with Gasteiger partial charge in [-0.25, -0.2) is 9.51 Å². The predicted molar refractivity (Wildman–Crippen MR) is 151 cm³/mol. The highest BCUT2D eigenvalue weighted by Crippen LogP contribution is 2.30. The molecule has 0 saturated carbocycles. The Kier molecular flexibility index (Phi) is 12.2. The molecule has 10 nitrogen and oxygen atoms in total. The van der Waals surface area contributed by atoms with Crippen molar-refractivity contribution in [3.63, 3.8) is 0 Å². The first-order chi connectivity index (χ1) is 18.1. The molecule has 38 heavy (non-hydrogen) atoms. The molecule has 0 spiro atoms. The van der Waals surface area contributed by atoms with Crippen LogP contribution in [0.1, 0.15) is 83.9 Å². The van der Waals surface area contributed by atoms with Gasteiger partial charge in [0, 0.05) is 52.3 Å². The van der Waals surface area contributed by atoms with Gasteiger partial charge < -0.3 is 24.1 Å². The van der Waals surface area contributed by atoms with E-state index in [1.165, 1.54) is 0 Å². The summed E-state index contributed by atoms with van der Waals surface area (Å²) in [5.41, 5.74) is 3.98. The van der Waals surface area contributed by atoms with Crippen molar-refractivity contribution in [3.05, 3.63) is 39.4 Å². The fourth-order valence-electron chi connectivity index (χ4n) is 4.03. The maximum atomic E-state index is 12.6. The Labute approximate surface area is 226 Å². The molecule has 10 heteroatoms. The number of ether oxygens (including phenoxy) is 3. The van der Waals surface area contributed by atoms with E-state index in [2.05, 4.69) is 17.0 Å². The van der Waals surface area contributed by atoms with Crippen LogP contribution in [-0.4, -0.2) is 78.4 Å². The largest absolute Gasteiger partial charge is 0.484 e. The molecule has 3 rings (SSSR count). The van der Waals surface area contributed by atoms with Crippen molar-refractivity contribution in [2.45, 2.75) is 78.2 Å². The SMILES string of the molecule is CC/C(C)=C(/N=C(CCCOC)OC)c1cnn2c(C3CCN(C=O)CC3)cc(=O)[nH]c12.COC(C)(C)C. The van der Waals surface area contributed by atoms with Crippen LogP contribution in [0.5, 0.6) is 0 Å². The number of carbonyl (C=O) groups excluding carboxylic acids is 1. The zero-order valence-corrected chi connectivity index (χ0v) is 24.3. The molecule has 0 radical (unpaired) electrons. The summed E-state index contributed by atoms with van der Waals surface area (Å²) >= 11 is 0. The van der Waals surface area contributed by atoms with Crippen LogP contribution in [0.3, 0.4) is 0 Å². The van der Waals surface area contributed by atoms with Gasteiger partial charge in [-0.05, 0) is 59.0 Å². The number of hydrogen-bond donors (Lipinski definition) is 1. The normalized spacial score (nSPS) is 15.7. The molecule has 2 aromatic rings. The summed E-state index contributed by atoms with van der Waals surface area (Å²) < 4.78 is 17.4. The van der Waals surface area contributed by atoms with Crippen molar-refractivity contribution < 1.29 is 19.0 Å². The fourth-order valence-corrected chi connectivity index (χ4v) is 4.03. The summed E-state index contributed by atoms with van der Waals surface area (Å²) in [5, 5.41) is 4.62. The lowest BCUT2D eigenvalue weighted by Crippen LogP contribution is -2.32. The number of aromatic nitrogens is 3. The molecule has 1 fully saturated rings. The van der Waals surface area contributed by atoms with Crippen LogP contribution in [0.2, 0.25) is 0 Å². The number of allylic oxidation sites excluding steroid dienone is 1. The Morgan fingerprint density at radius 3 is 2.42 bits per heavy atom. The number of aliphatic imine (C=N–C) groups is 1. The van der Waals surface area contributed by atoms with Crippen LogP contribution in [0.15, 0.2) is 27.6 Å². The topological polar surface area (TPSA) is 111 Å². The highest BCUT2D eigenvalue weighted by Gasteiger charge is 2.24. The molecule has 0 atom stereocenters. The minimum absolute atomic E-state index is 0.0417. The number of fused-ring (bicyclic) bond motifs is 1. The summed E-state index contributed by atoms with van der Waals surface area (Å²) in [7, 11) is 5.00. The molecular formula is C28H45N5O5. The van der Waals surface area contributed by atoms with Crippen LogP contribution < -0.4 is 5.56 Å². The minimum Gasteiger partial charge on any atom is -0.484 e. The van der Waals surface area contributed by atoms with E-state index < -0.39 is 0 Å². The Balaban J connectivity index is 0.000000757. The van der Waals surface area contributed by atoms with Gasteiger partial charge in [-0.3, -0.25) is 9.59 Å². The van der Waals surface area contributed by atoms with Gasteiger partial charge in [0.05, 0.1) is 35.9 Å². The van der Waals surface area contributed by atoms with Crippen molar-refractivity contribution in [2.24, 2.45) is 4.99 Å². The van der Waals surface area contributed by atoms with Crippen LogP contribution in [-0.2, 0) is 19.0 Å². The monoisotopic (exact) mass is 531 g/mol. The highest BCUT2D eigenvalue weighted by molar-refractivity contribution is 5.87. The van der Waals surface area contributed by atoms with E-state index in [1.807, 2.05) is 32.2 Å². The second kappa shape index (κ2) is 14.8. The molecule has 1 amide bonds. The number of hydrogen-bond acceptors (Lipinski definition) is 7. The fraction of sp³-hybridized carbons (Fsp3) is 0.643. The first-order valence-corrected chi connectivity index (χ1v) is 13.2. The van der Waals surface area contributed by atoms with E-state index in [0.29, 0.717) is 37.7 Å². The van der Waals surface area contributed by atoms with Crippen molar-refractivity contribution in [3.8, 4) is 0 Å². The zero-order valence-electron chi connectivity index (χ0n) is 24.3. The van der Waals surface area contributed by atoms with Gasteiger partial charge in [-0.15, -0.1) is 0 Å². The third-order valence-corrected chi connectivity index (χ3v) is 6.64. The average Bonchev–Trinajstić information content (AvgIpc) is 3.33. The molecule has 1 saturated heterocycles. The lowest BCUT2D eigenvalue weighted by Gasteiger charge is -2.29. The summed E-state index contributed by atoms with van der Waals surface area (Å²) in [5.74, 6) is 0.777. The van der Waals surface area contributed by atoms with Gasteiger partial charge >= 0.3 is 0 Å². The van der Waals surface area contributed by atoms with E-state index in [1.54, 1.807) is 38.5 Å². The summed E-state index contributed by atoms with van der Waals surface area (Å²) in [6, 6.07) is 1.62. The number of carbonyl (C=O) groups is 1. The zero-order chi connectivity index (χ0) is 28.3. The molecule has 0 aliphatic carbocycles. The van der Waals surface area contributed by atoms with E-state index in [0.717, 1.165) is 54.6 Å². The molecule has 2 aromatic heterocycles. The van der Waals surface area contributed by atoms with Crippen molar-refractivity contribution in [1.29, 1.82) is 0 Å². The third-order valence-electron chi connectivity index (χ3n) is 6.64. The molecule has 212 valence electrons. The van der Waals surface area contributed by atoms with Crippen molar-refractivity contribution in [2.75, 3.05) is 41.0 Å².